The highest BCUT2D eigenvalue weighted by Gasteiger charge is 2.31. The van der Waals surface area contributed by atoms with E-state index in [1.807, 2.05) is 0 Å². The van der Waals surface area contributed by atoms with Crippen LogP contribution in [0.4, 0.5) is 11.4 Å². The second-order valence-electron chi connectivity index (χ2n) is 8.37. The number of anilines is 2. The summed E-state index contributed by atoms with van der Waals surface area (Å²) in [6.07, 6.45) is 0. The molecule has 0 unspecified atom stereocenters. The van der Waals surface area contributed by atoms with Crippen molar-refractivity contribution in [1.82, 2.24) is 0 Å². The maximum atomic E-state index is 13.1. The third-order valence-corrected chi connectivity index (χ3v) is 7.44. The van der Waals surface area contributed by atoms with Crippen LogP contribution in [-0.4, -0.2) is 29.1 Å². The molecule has 0 spiro atoms. The van der Waals surface area contributed by atoms with Gasteiger partial charge in [-0.2, -0.15) is 0 Å². The Bertz CT molecular complexity index is 1620. The molecule has 0 saturated carbocycles. The average molecular weight is 561 g/mol. The van der Waals surface area contributed by atoms with Crippen LogP contribution in [0.5, 0.6) is 0 Å². The molecule has 188 valence electrons. The molecule has 0 fully saturated rings. The topological polar surface area (TPSA) is 92.3 Å². The van der Waals surface area contributed by atoms with Gasteiger partial charge in [0.15, 0.2) is 11.6 Å². The Kier molecular flexibility index (Phi) is 7.33. The van der Waals surface area contributed by atoms with Crippen molar-refractivity contribution in [3.05, 3.63) is 123 Å². The number of benzene rings is 4. The lowest BCUT2D eigenvalue weighted by Crippen LogP contribution is -2.24. The first-order chi connectivity index (χ1) is 18.3. The van der Waals surface area contributed by atoms with Crippen molar-refractivity contribution >= 4 is 69.7 Å². The van der Waals surface area contributed by atoms with Crippen molar-refractivity contribution in [3.8, 4) is 0 Å². The molecule has 0 aromatic heterocycles. The van der Waals surface area contributed by atoms with Crippen LogP contribution in [0.1, 0.15) is 42.2 Å². The minimum atomic E-state index is -0.367. The number of rotatable bonds is 6. The number of halogens is 2. The van der Waals surface area contributed by atoms with E-state index in [-0.39, 0.29) is 45.3 Å². The number of hydrogen-bond donors (Lipinski definition) is 2. The van der Waals surface area contributed by atoms with E-state index in [9.17, 15) is 19.2 Å². The highest BCUT2D eigenvalue weighted by molar-refractivity contribution is 8.00. The molecule has 0 bridgehead atoms. The molecule has 5 rings (SSSR count). The van der Waals surface area contributed by atoms with Crippen molar-refractivity contribution < 1.29 is 19.2 Å². The normalized spacial score (nSPS) is 11.9. The average Bonchev–Trinajstić information content (AvgIpc) is 2.91. The molecular formula is C29H18Cl2N2O4S. The lowest BCUT2D eigenvalue weighted by atomic mass is 9.83. The number of ketones is 2. The molecular weight excluding hydrogens is 543 g/mol. The fourth-order valence-electron chi connectivity index (χ4n) is 4.09. The molecule has 0 saturated heterocycles. The van der Waals surface area contributed by atoms with Gasteiger partial charge in [-0.1, -0.05) is 59.6 Å². The van der Waals surface area contributed by atoms with Crippen LogP contribution in [0.2, 0.25) is 10.0 Å². The molecule has 1 aliphatic carbocycles. The molecule has 6 nitrogen and oxygen atoms in total. The van der Waals surface area contributed by atoms with Crippen LogP contribution in [0, 0.1) is 0 Å². The third kappa shape index (κ3) is 5.22. The van der Waals surface area contributed by atoms with E-state index in [0.29, 0.717) is 33.1 Å². The summed E-state index contributed by atoms with van der Waals surface area (Å²) in [5.74, 6) is -1.15. The lowest BCUT2D eigenvalue weighted by molar-refractivity contribution is -0.113. The molecule has 2 N–H and O–H groups in total. The Balaban J connectivity index is 1.22. The van der Waals surface area contributed by atoms with E-state index < -0.39 is 0 Å². The maximum Gasteiger partial charge on any atom is 0.257 e. The Labute approximate surface area is 232 Å². The fourth-order valence-corrected chi connectivity index (χ4v) is 5.28. The smallest absolute Gasteiger partial charge is 0.257 e. The standard InChI is InChI=1S/C29H18Cl2N2O4S/c30-16-8-13-21(23(31)14-16)29(37)32-17-9-11-18(12-10-17)38-15-25(34)33-24-7-3-6-22-26(24)28(36)20-5-2-1-4-19(20)27(22)35/h1-14H,15H2,(H,32,37)(H,33,34). The molecule has 38 heavy (non-hydrogen) atoms. The summed E-state index contributed by atoms with van der Waals surface area (Å²) < 4.78 is 0. The fraction of sp³-hybridized carbons (Fsp3) is 0.0345. The Morgan fingerprint density at radius 1 is 0.737 bits per heavy atom. The predicted octanol–water partition coefficient (Wildman–Crippen LogP) is 6.75. The monoisotopic (exact) mass is 560 g/mol. The van der Waals surface area contributed by atoms with Crippen LogP contribution >= 0.6 is 35.0 Å². The van der Waals surface area contributed by atoms with E-state index >= 15 is 0 Å². The van der Waals surface area contributed by atoms with E-state index in [0.717, 1.165) is 4.90 Å². The SMILES string of the molecule is O=C(CSc1ccc(NC(=O)c2ccc(Cl)cc2Cl)cc1)Nc1cccc2c1C(=O)c1ccccc1C2=O. The first kappa shape index (κ1) is 25.7. The first-order valence-electron chi connectivity index (χ1n) is 11.4. The van der Waals surface area contributed by atoms with Crippen molar-refractivity contribution in [3.63, 3.8) is 0 Å². The highest BCUT2D eigenvalue weighted by Crippen LogP contribution is 2.32. The van der Waals surface area contributed by atoms with Crippen LogP contribution in [0.3, 0.4) is 0 Å². The maximum absolute atomic E-state index is 13.1. The molecule has 1 aliphatic rings. The van der Waals surface area contributed by atoms with Crippen molar-refractivity contribution in [2.24, 2.45) is 0 Å². The Morgan fingerprint density at radius 2 is 1.42 bits per heavy atom. The molecule has 0 radical (unpaired) electrons. The molecule has 2 amide bonds. The molecule has 9 heteroatoms. The molecule has 0 atom stereocenters. The van der Waals surface area contributed by atoms with Crippen molar-refractivity contribution in [1.29, 1.82) is 0 Å². The number of hydrogen-bond acceptors (Lipinski definition) is 5. The summed E-state index contributed by atoms with van der Waals surface area (Å²) in [4.78, 5) is 52.0. The van der Waals surface area contributed by atoms with E-state index in [1.165, 1.54) is 17.8 Å². The number of carbonyl (C=O) groups excluding carboxylic acids is 4. The summed E-state index contributed by atoms with van der Waals surface area (Å²) in [6, 6.07) is 23.2. The van der Waals surface area contributed by atoms with Crippen molar-refractivity contribution in [2.45, 2.75) is 4.90 Å². The Morgan fingerprint density at radius 3 is 2.13 bits per heavy atom. The van der Waals surface area contributed by atoms with Gasteiger partial charge in [-0.05, 0) is 48.5 Å². The summed E-state index contributed by atoms with van der Waals surface area (Å²) >= 11 is 13.3. The predicted molar refractivity (Wildman–Crippen MR) is 150 cm³/mol. The minimum Gasteiger partial charge on any atom is -0.325 e. The third-order valence-electron chi connectivity index (χ3n) is 5.88. The largest absolute Gasteiger partial charge is 0.325 e. The summed E-state index contributed by atoms with van der Waals surface area (Å²) in [7, 11) is 0. The lowest BCUT2D eigenvalue weighted by Gasteiger charge is -2.20. The van der Waals surface area contributed by atoms with E-state index in [4.69, 9.17) is 23.2 Å². The van der Waals surface area contributed by atoms with Gasteiger partial charge in [-0.25, -0.2) is 0 Å². The van der Waals surface area contributed by atoms with Crippen LogP contribution < -0.4 is 10.6 Å². The summed E-state index contributed by atoms with van der Waals surface area (Å²) in [5.41, 5.74) is 2.34. The van der Waals surface area contributed by atoms with Crippen LogP contribution in [0.15, 0.2) is 89.8 Å². The second kappa shape index (κ2) is 10.8. The Hall–Kier alpha value is -3.91. The van der Waals surface area contributed by atoms with Crippen molar-refractivity contribution in [2.75, 3.05) is 16.4 Å². The number of nitrogens with one attached hydrogen (secondary N) is 2. The van der Waals surface area contributed by atoms with Gasteiger partial charge >= 0.3 is 0 Å². The minimum absolute atomic E-state index is 0.0779. The highest BCUT2D eigenvalue weighted by atomic mass is 35.5. The van der Waals surface area contributed by atoms with Crippen LogP contribution in [-0.2, 0) is 4.79 Å². The van der Waals surface area contributed by atoms with Gasteiger partial charge in [-0.15, -0.1) is 11.8 Å². The van der Waals surface area contributed by atoms with Gasteiger partial charge in [0.1, 0.15) is 0 Å². The quantitative estimate of drug-likeness (QED) is 0.224. The first-order valence-corrected chi connectivity index (χ1v) is 13.2. The molecule has 4 aromatic rings. The van der Waals surface area contributed by atoms with E-state index in [2.05, 4.69) is 10.6 Å². The second-order valence-corrected chi connectivity index (χ2v) is 10.3. The molecule has 0 heterocycles. The van der Waals surface area contributed by atoms with Crippen LogP contribution in [0.25, 0.3) is 0 Å². The summed E-state index contributed by atoms with van der Waals surface area (Å²) in [6.45, 7) is 0. The number of carbonyl (C=O) groups is 4. The molecule has 0 aliphatic heterocycles. The zero-order valence-corrected chi connectivity index (χ0v) is 21.9. The molecule has 4 aromatic carbocycles. The number of fused-ring (bicyclic) bond motifs is 2. The van der Waals surface area contributed by atoms with Gasteiger partial charge in [0, 0.05) is 32.3 Å². The van der Waals surface area contributed by atoms with Gasteiger partial charge in [0.25, 0.3) is 5.91 Å². The van der Waals surface area contributed by atoms with Gasteiger partial charge in [-0.3, -0.25) is 19.2 Å². The van der Waals surface area contributed by atoms with Gasteiger partial charge in [0.2, 0.25) is 5.91 Å². The zero-order chi connectivity index (χ0) is 26.8. The summed E-state index contributed by atoms with van der Waals surface area (Å²) in [5, 5.41) is 6.24. The van der Waals surface area contributed by atoms with E-state index in [1.54, 1.807) is 78.9 Å². The number of thioether (sulfide) groups is 1. The zero-order valence-electron chi connectivity index (χ0n) is 19.6. The van der Waals surface area contributed by atoms with Gasteiger partial charge < -0.3 is 10.6 Å². The van der Waals surface area contributed by atoms with Gasteiger partial charge in [0.05, 0.1) is 27.6 Å². The number of amides is 2.